The molecule has 0 bridgehead atoms. The number of hydrogen-bond donors (Lipinski definition) is 1. The molecule has 1 saturated carbocycles. The molecule has 0 heterocycles. The van der Waals surface area contributed by atoms with Gasteiger partial charge in [0.2, 0.25) is 0 Å². The summed E-state index contributed by atoms with van der Waals surface area (Å²) in [6.07, 6.45) is 8.31. The lowest BCUT2D eigenvalue weighted by atomic mass is 9.90. The van der Waals surface area contributed by atoms with Crippen LogP contribution in [0.25, 0.3) is 0 Å². The van der Waals surface area contributed by atoms with Crippen molar-refractivity contribution in [1.29, 1.82) is 0 Å². The van der Waals surface area contributed by atoms with Gasteiger partial charge in [-0.25, -0.2) is 0 Å². The monoisotopic (exact) mass is 256 g/mol. The molecule has 108 valence electrons. The average molecular weight is 256 g/mol. The topological polar surface area (TPSA) is 38.5 Å². The van der Waals surface area contributed by atoms with Crippen LogP contribution < -0.4 is 5.73 Å². The molecule has 1 atom stereocenters. The quantitative estimate of drug-likeness (QED) is 0.712. The van der Waals surface area contributed by atoms with Gasteiger partial charge >= 0.3 is 0 Å². The van der Waals surface area contributed by atoms with Crippen LogP contribution in [0.2, 0.25) is 0 Å². The number of ether oxygens (including phenoxy) is 1. The summed E-state index contributed by atoms with van der Waals surface area (Å²) >= 11 is 0. The van der Waals surface area contributed by atoms with Crippen molar-refractivity contribution in [1.82, 2.24) is 4.90 Å². The van der Waals surface area contributed by atoms with E-state index in [2.05, 4.69) is 18.7 Å². The van der Waals surface area contributed by atoms with Crippen molar-refractivity contribution in [3.8, 4) is 0 Å². The third-order valence-corrected chi connectivity index (χ3v) is 4.33. The standard InChI is InChI=1S/C15H32N2O/c1-13(2)17(10-11-18-3)15(12-16)14-8-6-4-5-7-9-14/h13-15H,4-12,16H2,1-3H3. The van der Waals surface area contributed by atoms with Gasteiger partial charge in [0, 0.05) is 32.3 Å². The molecular formula is C15H32N2O. The van der Waals surface area contributed by atoms with E-state index in [9.17, 15) is 0 Å². The van der Waals surface area contributed by atoms with Crippen LogP contribution in [-0.2, 0) is 4.74 Å². The van der Waals surface area contributed by atoms with E-state index < -0.39 is 0 Å². The molecule has 0 radical (unpaired) electrons. The van der Waals surface area contributed by atoms with Gasteiger partial charge < -0.3 is 10.5 Å². The van der Waals surface area contributed by atoms with Crippen molar-refractivity contribution in [2.24, 2.45) is 11.7 Å². The minimum atomic E-state index is 0.540. The lowest BCUT2D eigenvalue weighted by Gasteiger charge is -2.39. The van der Waals surface area contributed by atoms with Gasteiger partial charge in [-0.05, 0) is 32.6 Å². The zero-order valence-corrected chi connectivity index (χ0v) is 12.5. The summed E-state index contributed by atoms with van der Waals surface area (Å²) in [5.74, 6) is 0.789. The molecule has 3 heteroatoms. The van der Waals surface area contributed by atoms with E-state index in [1.165, 1.54) is 38.5 Å². The average Bonchev–Trinajstić information content (AvgIpc) is 2.62. The van der Waals surface area contributed by atoms with Gasteiger partial charge in [0.1, 0.15) is 0 Å². The van der Waals surface area contributed by atoms with E-state index in [1.807, 2.05) is 0 Å². The first kappa shape index (κ1) is 15.9. The van der Waals surface area contributed by atoms with Crippen LogP contribution in [0, 0.1) is 5.92 Å². The summed E-state index contributed by atoms with van der Waals surface area (Å²) in [4.78, 5) is 2.56. The van der Waals surface area contributed by atoms with Gasteiger partial charge in [0.05, 0.1) is 6.61 Å². The van der Waals surface area contributed by atoms with Crippen molar-refractivity contribution >= 4 is 0 Å². The maximum Gasteiger partial charge on any atom is 0.0589 e. The Labute approximate surface area is 113 Å². The van der Waals surface area contributed by atoms with Crippen LogP contribution in [0.15, 0.2) is 0 Å². The van der Waals surface area contributed by atoms with Crippen LogP contribution >= 0.6 is 0 Å². The van der Waals surface area contributed by atoms with E-state index in [0.29, 0.717) is 12.1 Å². The lowest BCUT2D eigenvalue weighted by Crippen LogP contribution is -2.50. The predicted molar refractivity (Wildman–Crippen MR) is 77.8 cm³/mol. The van der Waals surface area contributed by atoms with Crippen LogP contribution in [0.5, 0.6) is 0 Å². The fourth-order valence-electron chi connectivity index (χ4n) is 3.30. The minimum Gasteiger partial charge on any atom is -0.383 e. The van der Waals surface area contributed by atoms with E-state index in [0.717, 1.165) is 25.6 Å². The van der Waals surface area contributed by atoms with Crippen LogP contribution in [0.1, 0.15) is 52.4 Å². The number of hydrogen-bond acceptors (Lipinski definition) is 3. The number of nitrogens with two attached hydrogens (primary N) is 1. The SMILES string of the molecule is COCCN(C(C)C)C(CN)C1CCCCCC1. The molecule has 1 rings (SSSR count). The van der Waals surface area contributed by atoms with Gasteiger partial charge in [0.25, 0.3) is 0 Å². The van der Waals surface area contributed by atoms with Crippen LogP contribution in [-0.4, -0.2) is 43.8 Å². The lowest BCUT2D eigenvalue weighted by molar-refractivity contribution is 0.0676. The molecule has 2 N–H and O–H groups in total. The fourth-order valence-corrected chi connectivity index (χ4v) is 3.30. The molecule has 0 aromatic heterocycles. The minimum absolute atomic E-state index is 0.540. The molecule has 1 fully saturated rings. The van der Waals surface area contributed by atoms with Crippen molar-refractivity contribution in [3.63, 3.8) is 0 Å². The van der Waals surface area contributed by atoms with Gasteiger partial charge in [0.15, 0.2) is 0 Å². The second kappa shape index (κ2) is 8.89. The van der Waals surface area contributed by atoms with E-state index in [-0.39, 0.29) is 0 Å². The molecule has 0 aromatic carbocycles. The second-order valence-corrected chi connectivity index (χ2v) is 5.88. The summed E-state index contributed by atoms with van der Waals surface area (Å²) in [6.45, 7) is 7.14. The maximum atomic E-state index is 6.08. The third-order valence-electron chi connectivity index (χ3n) is 4.33. The van der Waals surface area contributed by atoms with Crippen molar-refractivity contribution in [2.45, 2.75) is 64.5 Å². The van der Waals surface area contributed by atoms with Crippen molar-refractivity contribution in [3.05, 3.63) is 0 Å². The van der Waals surface area contributed by atoms with Crippen LogP contribution in [0.4, 0.5) is 0 Å². The van der Waals surface area contributed by atoms with Gasteiger partial charge in [-0.15, -0.1) is 0 Å². The number of methoxy groups -OCH3 is 1. The molecule has 1 aliphatic rings. The fraction of sp³-hybridized carbons (Fsp3) is 1.00. The molecule has 0 spiro atoms. The molecule has 0 saturated heterocycles. The predicted octanol–water partition coefficient (Wildman–Crippen LogP) is 2.64. The van der Waals surface area contributed by atoms with E-state index in [4.69, 9.17) is 10.5 Å². The summed E-state index contributed by atoms with van der Waals surface area (Å²) in [7, 11) is 1.78. The van der Waals surface area contributed by atoms with Crippen molar-refractivity contribution in [2.75, 3.05) is 26.8 Å². The first-order valence-corrected chi connectivity index (χ1v) is 7.65. The Morgan fingerprint density at radius 1 is 1.17 bits per heavy atom. The Hall–Kier alpha value is -0.120. The summed E-state index contributed by atoms with van der Waals surface area (Å²) in [5, 5.41) is 0. The highest BCUT2D eigenvalue weighted by molar-refractivity contribution is 4.83. The van der Waals surface area contributed by atoms with Crippen LogP contribution in [0.3, 0.4) is 0 Å². The molecule has 3 nitrogen and oxygen atoms in total. The normalized spacial score (nSPS) is 20.3. The largest absolute Gasteiger partial charge is 0.383 e. The third kappa shape index (κ3) is 4.87. The first-order chi connectivity index (χ1) is 8.70. The Morgan fingerprint density at radius 2 is 1.78 bits per heavy atom. The Kier molecular flexibility index (Phi) is 7.87. The smallest absolute Gasteiger partial charge is 0.0589 e. The van der Waals surface area contributed by atoms with E-state index in [1.54, 1.807) is 7.11 Å². The van der Waals surface area contributed by atoms with Gasteiger partial charge in [-0.3, -0.25) is 4.90 Å². The second-order valence-electron chi connectivity index (χ2n) is 5.88. The van der Waals surface area contributed by atoms with Gasteiger partial charge in [-0.1, -0.05) is 25.7 Å². The summed E-state index contributed by atoms with van der Waals surface area (Å²) in [5.41, 5.74) is 6.08. The highest BCUT2D eigenvalue weighted by atomic mass is 16.5. The molecule has 0 amide bonds. The molecular weight excluding hydrogens is 224 g/mol. The molecule has 18 heavy (non-hydrogen) atoms. The number of nitrogens with zero attached hydrogens (tertiary/aromatic N) is 1. The Balaban J connectivity index is 2.63. The number of rotatable bonds is 7. The maximum absolute atomic E-state index is 6.08. The van der Waals surface area contributed by atoms with Crippen molar-refractivity contribution < 1.29 is 4.74 Å². The molecule has 0 aromatic rings. The molecule has 1 unspecified atom stereocenters. The Morgan fingerprint density at radius 3 is 2.22 bits per heavy atom. The molecule has 0 aliphatic heterocycles. The summed E-state index contributed by atoms with van der Waals surface area (Å²) < 4.78 is 5.25. The van der Waals surface area contributed by atoms with E-state index >= 15 is 0 Å². The zero-order chi connectivity index (χ0) is 13.4. The Bertz CT molecular complexity index is 201. The highest BCUT2D eigenvalue weighted by Gasteiger charge is 2.28. The van der Waals surface area contributed by atoms with Gasteiger partial charge in [-0.2, -0.15) is 0 Å². The first-order valence-electron chi connectivity index (χ1n) is 7.65. The zero-order valence-electron chi connectivity index (χ0n) is 12.5. The summed E-state index contributed by atoms with van der Waals surface area (Å²) in [6, 6.07) is 1.09. The highest BCUT2D eigenvalue weighted by Crippen LogP contribution is 2.28. The molecule has 1 aliphatic carbocycles.